The Balaban J connectivity index is 2.37. The molecule has 0 saturated carbocycles. The lowest BCUT2D eigenvalue weighted by molar-refractivity contribution is 0.408. The van der Waals surface area contributed by atoms with Crippen LogP contribution in [0.25, 0.3) is 0 Å². The van der Waals surface area contributed by atoms with Gasteiger partial charge in [-0.25, -0.2) is 0 Å². The molecule has 0 fully saturated rings. The number of halogens is 2. The van der Waals surface area contributed by atoms with E-state index in [2.05, 4.69) is 6.07 Å². The summed E-state index contributed by atoms with van der Waals surface area (Å²) in [6.45, 7) is 0. The molecule has 0 radical (unpaired) electrons. The molecule has 2 nitrogen and oxygen atoms in total. The van der Waals surface area contributed by atoms with Gasteiger partial charge in [0.15, 0.2) is 0 Å². The first-order valence-electron chi connectivity index (χ1n) is 6.12. The lowest BCUT2D eigenvalue weighted by atomic mass is 9.92. The Morgan fingerprint density at radius 2 is 1.75 bits per heavy atom. The van der Waals surface area contributed by atoms with Crippen molar-refractivity contribution >= 4 is 23.2 Å². The van der Waals surface area contributed by atoms with E-state index in [4.69, 9.17) is 27.9 Å². The first-order chi connectivity index (χ1) is 9.67. The second kappa shape index (κ2) is 6.65. The Morgan fingerprint density at radius 1 is 1.10 bits per heavy atom. The molecule has 4 heteroatoms. The van der Waals surface area contributed by atoms with Gasteiger partial charge in [-0.2, -0.15) is 5.26 Å². The number of ether oxygens (including phenoxy) is 1. The van der Waals surface area contributed by atoms with Crippen molar-refractivity contribution < 1.29 is 4.74 Å². The maximum Gasteiger partial charge on any atom is 0.123 e. The van der Waals surface area contributed by atoms with E-state index in [0.717, 1.165) is 11.1 Å². The molecule has 2 aromatic carbocycles. The van der Waals surface area contributed by atoms with Gasteiger partial charge in [-0.15, -0.1) is 0 Å². The molecule has 2 rings (SSSR count). The van der Waals surface area contributed by atoms with Crippen LogP contribution in [0.1, 0.15) is 17.0 Å². The van der Waals surface area contributed by atoms with Crippen LogP contribution in [-0.2, 0) is 6.42 Å². The van der Waals surface area contributed by atoms with Crippen molar-refractivity contribution in [1.29, 1.82) is 5.26 Å². The predicted molar refractivity (Wildman–Crippen MR) is 81.5 cm³/mol. The highest BCUT2D eigenvalue weighted by atomic mass is 35.5. The van der Waals surface area contributed by atoms with Crippen molar-refractivity contribution in [3.63, 3.8) is 0 Å². The van der Waals surface area contributed by atoms with Gasteiger partial charge >= 0.3 is 0 Å². The van der Waals surface area contributed by atoms with Crippen LogP contribution in [0.15, 0.2) is 42.5 Å². The molecule has 0 aromatic heterocycles. The zero-order chi connectivity index (χ0) is 14.5. The van der Waals surface area contributed by atoms with Crippen molar-refractivity contribution in [2.75, 3.05) is 7.11 Å². The van der Waals surface area contributed by atoms with Gasteiger partial charge in [-0.3, -0.25) is 0 Å². The molecule has 20 heavy (non-hydrogen) atoms. The van der Waals surface area contributed by atoms with Gasteiger partial charge in [0.2, 0.25) is 0 Å². The summed E-state index contributed by atoms with van der Waals surface area (Å²) in [7, 11) is 1.59. The number of methoxy groups -OCH3 is 1. The molecule has 1 atom stereocenters. The average molecular weight is 306 g/mol. The zero-order valence-corrected chi connectivity index (χ0v) is 12.4. The highest BCUT2D eigenvalue weighted by molar-refractivity contribution is 6.36. The SMILES string of the molecule is COc1ccccc1C(C#N)Cc1c(Cl)cccc1Cl. The van der Waals surface area contributed by atoms with Crippen LogP contribution < -0.4 is 4.74 Å². The molecule has 0 heterocycles. The van der Waals surface area contributed by atoms with Crippen molar-refractivity contribution in [1.82, 2.24) is 0 Å². The Hall–Kier alpha value is -1.69. The van der Waals surface area contributed by atoms with E-state index in [0.29, 0.717) is 22.2 Å². The summed E-state index contributed by atoms with van der Waals surface area (Å²) in [5.41, 5.74) is 1.63. The van der Waals surface area contributed by atoms with Crippen LogP contribution in [0.4, 0.5) is 0 Å². The summed E-state index contributed by atoms with van der Waals surface area (Å²) in [5, 5.41) is 10.6. The summed E-state index contributed by atoms with van der Waals surface area (Å²) in [4.78, 5) is 0. The van der Waals surface area contributed by atoms with Crippen LogP contribution in [-0.4, -0.2) is 7.11 Å². The fourth-order valence-corrected chi connectivity index (χ4v) is 2.66. The third kappa shape index (κ3) is 3.07. The molecule has 0 aliphatic rings. The van der Waals surface area contributed by atoms with Gasteiger partial charge in [0.05, 0.1) is 19.1 Å². The second-order valence-electron chi connectivity index (χ2n) is 4.33. The molecule has 0 bridgehead atoms. The highest BCUT2D eigenvalue weighted by Gasteiger charge is 2.18. The smallest absolute Gasteiger partial charge is 0.123 e. The van der Waals surface area contributed by atoms with E-state index in [9.17, 15) is 5.26 Å². The minimum absolute atomic E-state index is 0.358. The third-order valence-corrected chi connectivity index (χ3v) is 3.85. The van der Waals surface area contributed by atoms with Gasteiger partial charge < -0.3 is 4.74 Å². The summed E-state index contributed by atoms with van der Waals surface area (Å²) in [5.74, 6) is 0.339. The molecular formula is C16H13Cl2NO. The zero-order valence-electron chi connectivity index (χ0n) is 10.9. The van der Waals surface area contributed by atoms with E-state index < -0.39 is 0 Å². The number of para-hydroxylation sites is 1. The molecular weight excluding hydrogens is 293 g/mol. The van der Waals surface area contributed by atoms with E-state index in [1.807, 2.05) is 24.3 Å². The molecule has 102 valence electrons. The number of hydrogen-bond acceptors (Lipinski definition) is 2. The monoisotopic (exact) mass is 305 g/mol. The standard InChI is InChI=1S/C16H13Cl2NO/c1-20-16-8-3-2-5-12(16)11(10-19)9-13-14(17)6-4-7-15(13)18/h2-8,11H,9H2,1H3. The molecule has 0 aliphatic carbocycles. The molecule has 0 amide bonds. The van der Waals surface area contributed by atoms with Gasteiger partial charge in [-0.1, -0.05) is 47.5 Å². The molecule has 0 spiro atoms. The van der Waals surface area contributed by atoms with Crippen LogP contribution >= 0.6 is 23.2 Å². The predicted octanol–water partition coefficient (Wildman–Crippen LogP) is 4.85. The van der Waals surface area contributed by atoms with E-state index >= 15 is 0 Å². The Labute approximate surface area is 128 Å². The van der Waals surface area contributed by atoms with Gasteiger partial charge in [0.1, 0.15) is 5.75 Å². The van der Waals surface area contributed by atoms with Crippen molar-refractivity contribution in [2.45, 2.75) is 12.3 Å². The summed E-state index contributed by atoms with van der Waals surface area (Å²) >= 11 is 12.3. The van der Waals surface area contributed by atoms with Crippen LogP contribution in [0.5, 0.6) is 5.75 Å². The van der Waals surface area contributed by atoms with Gasteiger partial charge in [-0.05, 0) is 30.2 Å². The summed E-state index contributed by atoms with van der Waals surface area (Å²) in [6.07, 6.45) is 0.454. The number of nitrogens with zero attached hydrogens (tertiary/aromatic N) is 1. The molecule has 1 unspecified atom stereocenters. The second-order valence-corrected chi connectivity index (χ2v) is 5.14. The third-order valence-electron chi connectivity index (χ3n) is 3.14. The van der Waals surface area contributed by atoms with Gasteiger partial charge in [0, 0.05) is 15.6 Å². The van der Waals surface area contributed by atoms with Crippen LogP contribution in [0.2, 0.25) is 10.0 Å². The number of benzene rings is 2. The van der Waals surface area contributed by atoms with Crippen LogP contribution in [0.3, 0.4) is 0 Å². The first kappa shape index (κ1) is 14.7. The fraction of sp³-hybridized carbons (Fsp3) is 0.188. The van der Waals surface area contributed by atoms with Gasteiger partial charge in [0.25, 0.3) is 0 Å². The summed E-state index contributed by atoms with van der Waals surface area (Å²) in [6, 6.07) is 15.1. The number of rotatable bonds is 4. The van der Waals surface area contributed by atoms with Crippen molar-refractivity contribution in [3.8, 4) is 11.8 Å². The maximum atomic E-state index is 9.45. The van der Waals surface area contributed by atoms with Crippen LogP contribution in [0, 0.1) is 11.3 Å². The highest BCUT2D eigenvalue weighted by Crippen LogP contribution is 2.33. The van der Waals surface area contributed by atoms with Crippen molar-refractivity contribution in [3.05, 3.63) is 63.6 Å². The molecule has 0 N–H and O–H groups in total. The van der Waals surface area contributed by atoms with E-state index in [1.165, 1.54) is 0 Å². The van der Waals surface area contributed by atoms with Crippen molar-refractivity contribution in [2.24, 2.45) is 0 Å². The minimum Gasteiger partial charge on any atom is -0.496 e. The normalized spacial score (nSPS) is 11.7. The largest absolute Gasteiger partial charge is 0.496 e. The fourth-order valence-electron chi connectivity index (χ4n) is 2.11. The lowest BCUT2D eigenvalue weighted by Gasteiger charge is -2.15. The summed E-state index contributed by atoms with van der Waals surface area (Å²) < 4.78 is 5.31. The van der Waals surface area contributed by atoms with E-state index in [-0.39, 0.29) is 5.92 Å². The number of hydrogen-bond donors (Lipinski definition) is 0. The Kier molecular flexibility index (Phi) is 4.89. The molecule has 2 aromatic rings. The average Bonchev–Trinajstić information content (AvgIpc) is 2.47. The number of nitriles is 1. The van der Waals surface area contributed by atoms with E-state index in [1.54, 1.807) is 25.3 Å². The Bertz CT molecular complexity index is 629. The minimum atomic E-state index is -0.358. The molecule has 0 aliphatic heterocycles. The Morgan fingerprint density at radius 3 is 2.35 bits per heavy atom. The lowest BCUT2D eigenvalue weighted by Crippen LogP contribution is -2.04. The quantitative estimate of drug-likeness (QED) is 0.808. The first-order valence-corrected chi connectivity index (χ1v) is 6.88. The molecule has 0 saturated heterocycles. The topological polar surface area (TPSA) is 33.0 Å². The maximum absolute atomic E-state index is 9.45.